The lowest BCUT2D eigenvalue weighted by Gasteiger charge is -2.36. The number of rotatable bonds is 6. The maximum atomic E-state index is 12.7. The largest absolute Gasteiger partial charge is 0.507 e. The quantitative estimate of drug-likeness (QED) is 0.723. The van der Waals surface area contributed by atoms with Gasteiger partial charge in [0.1, 0.15) is 11.5 Å². The fourth-order valence-corrected chi connectivity index (χ4v) is 3.24. The average molecular weight is 350 g/mol. The number of hydrogen-bond donors (Lipinski definition) is 3. The highest BCUT2D eigenvalue weighted by atomic mass is 16.5. The lowest BCUT2D eigenvalue weighted by atomic mass is 9.86. The number of aliphatic hydroxyl groups excluding tert-OH is 1. The number of nitrogens with zero attached hydrogens (tertiary/aromatic N) is 1. The molecule has 25 heavy (non-hydrogen) atoms. The molecular weight excluding hydrogens is 320 g/mol. The van der Waals surface area contributed by atoms with E-state index in [1.807, 2.05) is 39.6 Å². The first-order valence-electron chi connectivity index (χ1n) is 8.79. The van der Waals surface area contributed by atoms with Crippen molar-refractivity contribution in [1.82, 2.24) is 10.2 Å². The van der Waals surface area contributed by atoms with E-state index in [0.717, 1.165) is 28.0 Å². The first-order valence-corrected chi connectivity index (χ1v) is 8.79. The molecule has 0 bridgehead atoms. The molecule has 0 saturated heterocycles. The standard InChI is InChI=1S/C19H30N2O4/c1-12-13(2)17-15(14(3)16(12)23)6-7-19(4,25-17)18(24)20-8-9-21(5)10-11-22/h22-23H,6-11H2,1-5H3,(H,20,24). The van der Waals surface area contributed by atoms with Crippen LogP contribution in [0.4, 0.5) is 0 Å². The molecule has 1 aromatic carbocycles. The number of carbonyl (C=O) groups excluding carboxylic acids is 1. The van der Waals surface area contributed by atoms with E-state index in [0.29, 0.717) is 38.2 Å². The number of fused-ring (bicyclic) bond motifs is 1. The number of likely N-dealkylation sites (N-methyl/N-ethyl adjacent to an activating group) is 1. The number of aromatic hydroxyl groups is 1. The van der Waals surface area contributed by atoms with Crippen LogP contribution >= 0.6 is 0 Å². The van der Waals surface area contributed by atoms with Gasteiger partial charge in [-0.2, -0.15) is 0 Å². The topological polar surface area (TPSA) is 82.0 Å². The molecule has 0 aromatic heterocycles. The van der Waals surface area contributed by atoms with Crippen LogP contribution < -0.4 is 10.1 Å². The smallest absolute Gasteiger partial charge is 0.263 e. The highest BCUT2D eigenvalue weighted by molar-refractivity contribution is 5.85. The fraction of sp³-hybridized carbons (Fsp3) is 0.632. The van der Waals surface area contributed by atoms with Gasteiger partial charge in [0.2, 0.25) is 0 Å². The van der Waals surface area contributed by atoms with Gasteiger partial charge in [-0.15, -0.1) is 0 Å². The van der Waals surface area contributed by atoms with E-state index in [1.54, 1.807) is 0 Å². The zero-order valence-corrected chi connectivity index (χ0v) is 15.9. The Bertz CT molecular complexity index is 660. The van der Waals surface area contributed by atoms with Crippen molar-refractivity contribution in [2.24, 2.45) is 0 Å². The van der Waals surface area contributed by atoms with Crippen LogP contribution in [0.25, 0.3) is 0 Å². The van der Waals surface area contributed by atoms with Gasteiger partial charge in [0, 0.05) is 31.6 Å². The third-order valence-corrected chi connectivity index (χ3v) is 5.26. The van der Waals surface area contributed by atoms with Gasteiger partial charge in [-0.25, -0.2) is 0 Å². The zero-order chi connectivity index (χ0) is 18.8. The number of hydrogen-bond acceptors (Lipinski definition) is 5. The molecule has 3 N–H and O–H groups in total. The molecule has 6 nitrogen and oxygen atoms in total. The number of nitrogens with one attached hydrogen (secondary N) is 1. The second-order valence-corrected chi connectivity index (χ2v) is 7.15. The van der Waals surface area contributed by atoms with Gasteiger partial charge in [-0.3, -0.25) is 4.79 Å². The summed E-state index contributed by atoms with van der Waals surface area (Å²) in [5, 5.41) is 22.1. The normalized spacial score (nSPS) is 19.5. The molecule has 1 amide bonds. The molecule has 0 radical (unpaired) electrons. The Morgan fingerprint density at radius 3 is 2.56 bits per heavy atom. The average Bonchev–Trinajstić information content (AvgIpc) is 2.58. The number of phenolic OH excluding ortho intramolecular Hbond substituents is 1. The van der Waals surface area contributed by atoms with Crippen LogP contribution in [0.3, 0.4) is 0 Å². The van der Waals surface area contributed by atoms with Crippen molar-refractivity contribution in [3.8, 4) is 11.5 Å². The summed E-state index contributed by atoms with van der Waals surface area (Å²) in [6.45, 7) is 9.36. The van der Waals surface area contributed by atoms with Crippen LogP contribution in [-0.4, -0.2) is 59.9 Å². The monoisotopic (exact) mass is 350 g/mol. The number of benzene rings is 1. The summed E-state index contributed by atoms with van der Waals surface area (Å²) in [7, 11) is 1.90. The third-order valence-electron chi connectivity index (χ3n) is 5.26. The highest BCUT2D eigenvalue weighted by Gasteiger charge is 2.40. The predicted molar refractivity (Wildman–Crippen MR) is 97.3 cm³/mol. The zero-order valence-electron chi connectivity index (χ0n) is 15.9. The Hall–Kier alpha value is -1.79. The third kappa shape index (κ3) is 3.90. The molecule has 0 spiro atoms. The molecule has 1 heterocycles. The van der Waals surface area contributed by atoms with Crippen molar-refractivity contribution in [1.29, 1.82) is 0 Å². The summed E-state index contributed by atoms with van der Waals surface area (Å²) in [5.74, 6) is 0.923. The Labute approximate surface area is 149 Å². The molecule has 1 unspecified atom stereocenters. The van der Waals surface area contributed by atoms with Gasteiger partial charge in [0.05, 0.1) is 6.61 Å². The molecule has 1 aromatic rings. The molecule has 2 rings (SSSR count). The van der Waals surface area contributed by atoms with Crippen LogP contribution in [-0.2, 0) is 11.2 Å². The van der Waals surface area contributed by atoms with Crippen LogP contribution in [0.1, 0.15) is 35.6 Å². The van der Waals surface area contributed by atoms with E-state index in [2.05, 4.69) is 5.32 Å². The van der Waals surface area contributed by atoms with Crippen molar-refractivity contribution in [2.75, 3.05) is 33.3 Å². The molecular formula is C19H30N2O4. The van der Waals surface area contributed by atoms with Gasteiger partial charge in [-0.1, -0.05) is 0 Å². The van der Waals surface area contributed by atoms with E-state index in [4.69, 9.17) is 9.84 Å². The molecule has 6 heteroatoms. The van der Waals surface area contributed by atoms with Gasteiger partial charge in [0.15, 0.2) is 5.60 Å². The van der Waals surface area contributed by atoms with E-state index in [1.165, 1.54) is 0 Å². The Morgan fingerprint density at radius 1 is 1.24 bits per heavy atom. The van der Waals surface area contributed by atoms with Crippen LogP contribution in [0.2, 0.25) is 0 Å². The van der Waals surface area contributed by atoms with Crippen molar-refractivity contribution in [3.05, 3.63) is 22.3 Å². The number of phenols is 1. The summed E-state index contributed by atoms with van der Waals surface area (Å²) in [4.78, 5) is 14.6. The summed E-state index contributed by atoms with van der Waals surface area (Å²) < 4.78 is 6.16. The molecule has 0 aliphatic carbocycles. The first-order chi connectivity index (χ1) is 11.7. The molecule has 1 aliphatic rings. The molecule has 1 aliphatic heterocycles. The van der Waals surface area contributed by atoms with Gasteiger partial charge in [0.25, 0.3) is 5.91 Å². The van der Waals surface area contributed by atoms with Crippen molar-refractivity contribution in [2.45, 2.75) is 46.1 Å². The second-order valence-electron chi connectivity index (χ2n) is 7.15. The van der Waals surface area contributed by atoms with Crippen molar-refractivity contribution in [3.63, 3.8) is 0 Å². The van der Waals surface area contributed by atoms with Crippen LogP contribution in [0, 0.1) is 20.8 Å². The first kappa shape index (κ1) is 19.5. The number of amides is 1. The lowest BCUT2D eigenvalue weighted by molar-refractivity contribution is -0.136. The minimum atomic E-state index is -0.914. The Kier molecular flexibility index (Phi) is 5.95. The second kappa shape index (κ2) is 7.62. The van der Waals surface area contributed by atoms with Crippen LogP contribution in [0.5, 0.6) is 11.5 Å². The molecule has 0 saturated carbocycles. The van der Waals surface area contributed by atoms with E-state index >= 15 is 0 Å². The van der Waals surface area contributed by atoms with Crippen LogP contribution in [0.15, 0.2) is 0 Å². The van der Waals surface area contributed by atoms with Gasteiger partial charge < -0.3 is 25.2 Å². The van der Waals surface area contributed by atoms with Gasteiger partial charge in [-0.05, 0) is 57.9 Å². The summed E-state index contributed by atoms with van der Waals surface area (Å²) in [6.07, 6.45) is 1.27. The van der Waals surface area contributed by atoms with E-state index in [-0.39, 0.29) is 12.5 Å². The summed E-state index contributed by atoms with van der Waals surface area (Å²) in [5.41, 5.74) is 2.61. The fourth-order valence-electron chi connectivity index (χ4n) is 3.24. The van der Waals surface area contributed by atoms with Crippen molar-refractivity contribution < 1.29 is 19.7 Å². The minimum Gasteiger partial charge on any atom is -0.507 e. The SMILES string of the molecule is Cc1c(C)c2c(c(C)c1O)CCC(C)(C(=O)NCCN(C)CCO)O2. The van der Waals surface area contributed by atoms with E-state index < -0.39 is 5.60 Å². The van der Waals surface area contributed by atoms with E-state index in [9.17, 15) is 9.90 Å². The van der Waals surface area contributed by atoms with Crippen molar-refractivity contribution >= 4 is 5.91 Å². The number of aliphatic hydroxyl groups is 1. The minimum absolute atomic E-state index is 0.104. The Balaban J connectivity index is 2.11. The van der Waals surface area contributed by atoms with Gasteiger partial charge >= 0.3 is 0 Å². The Morgan fingerprint density at radius 2 is 1.92 bits per heavy atom. The lowest BCUT2D eigenvalue weighted by Crippen LogP contribution is -2.52. The molecule has 0 fully saturated rings. The summed E-state index contributed by atoms with van der Waals surface area (Å²) >= 11 is 0. The highest BCUT2D eigenvalue weighted by Crippen LogP contribution is 2.43. The molecule has 140 valence electrons. The number of ether oxygens (including phenoxy) is 1. The maximum absolute atomic E-state index is 12.7. The predicted octanol–water partition coefficient (Wildman–Crippen LogP) is 1.44. The molecule has 1 atom stereocenters. The maximum Gasteiger partial charge on any atom is 0.263 e. The number of carbonyl (C=O) groups is 1. The summed E-state index contributed by atoms with van der Waals surface area (Å²) in [6, 6.07) is 0.